The van der Waals surface area contributed by atoms with E-state index in [4.69, 9.17) is 19.1 Å². The van der Waals surface area contributed by atoms with Gasteiger partial charge in [-0.3, -0.25) is 18.6 Å². The summed E-state index contributed by atoms with van der Waals surface area (Å²) in [6, 6.07) is 0. The van der Waals surface area contributed by atoms with Crippen LogP contribution in [-0.4, -0.2) is 99.3 Å². The number of phosphoric acid groups is 1. The van der Waals surface area contributed by atoms with Crippen molar-refractivity contribution < 1.29 is 63.1 Å². The fourth-order valence-corrected chi connectivity index (χ4v) is 7.93. The summed E-state index contributed by atoms with van der Waals surface area (Å²) in [6.45, 7) is 2.03. The number of aliphatic hydroxyl groups is 5. The summed E-state index contributed by atoms with van der Waals surface area (Å²) in [4.78, 5) is 35.2. The maximum absolute atomic E-state index is 12.7. The van der Waals surface area contributed by atoms with Crippen molar-refractivity contribution in [1.82, 2.24) is 0 Å². The van der Waals surface area contributed by atoms with Gasteiger partial charge in [0.2, 0.25) is 0 Å². The molecule has 0 aromatic rings. The number of hydrogen-bond donors (Lipinski definition) is 6. The van der Waals surface area contributed by atoms with E-state index in [0.29, 0.717) is 32.1 Å². The highest BCUT2D eigenvalue weighted by Crippen LogP contribution is 2.43. The number of carbonyl (C=O) groups excluding carboxylic acids is 2. The Labute approximate surface area is 349 Å². The number of allylic oxidation sites excluding steroid dienone is 2. The van der Waals surface area contributed by atoms with E-state index >= 15 is 0 Å². The van der Waals surface area contributed by atoms with Crippen molar-refractivity contribution in [1.29, 1.82) is 0 Å². The quantitative estimate of drug-likeness (QED) is 0.0150. The van der Waals surface area contributed by atoms with Crippen LogP contribution in [0.15, 0.2) is 24.3 Å². The van der Waals surface area contributed by atoms with Crippen molar-refractivity contribution in [2.24, 2.45) is 11.8 Å². The Hall–Kier alpha value is -1.67. The zero-order valence-electron chi connectivity index (χ0n) is 35.8. The average molecular weight is 849 g/mol. The Morgan fingerprint density at radius 1 is 0.707 bits per heavy atom. The number of hydrogen-bond acceptors (Lipinski definition) is 12. The van der Waals surface area contributed by atoms with Gasteiger partial charge in [-0.15, -0.1) is 0 Å². The van der Waals surface area contributed by atoms with E-state index in [0.717, 1.165) is 70.6 Å². The monoisotopic (exact) mass is 849 g/mol. The summed E-state index contributed by atoms with van der Waals surface area (Å²) in [5.74, 6) is -1.38. The van der Waals surface area contributed by atoms with Crippen LogP contribution in [0, 0.1) is 11.8 Å². The van der Waals surface area contributed by atoms with Crippen LogP contribution in [0.1, 0.15) is 174 Å². The van der Waals surface area contributed by atoms with Crippen molar-refractivity contribution in [3.05, 3.63) is 24.3 Å². The molecule has 1 unspecified atom stereocenters. The zero-order chi connectivity index (χ0) is 42.9. The van der Waals surface area contributed by atoms with Crippen molar-refractivity contribution >= 4 is 19.8 Å². The lowest BCUT2D eigenvalue weighted by Crippen LogP contribution is -2.29. The van der Waals surface area contributed by atoms with Gasteiger partial charge in [-0.2, -0.15) is 0 Å². The molecule has 1 rings (SSSR count). The Balaban J connectivity index is 2.43. The van der Waals surface area contributed by atoms with Crippen molar-refractivity contribution in [2.45, 2.75) is 205 Å². The van der Waals surface area contributed by atoms with Gasteiger partial charge in [0, 0.05) is 25.2 Å². The third-order valence-electron chi connectivity index (χ3n) is 10.7. The van der Waals surface area contributed by atoms with E-state index in [-0.39, 0.29) is 31.3 Å². The van der Waals surface area contributed by atoms with Gasteiger partial charge >= 0.3 is 19.8 Å². The van der Waals surface area contributed by atoms with Crippen LogP contribution >= 0.6 is 7.82 Å². The van der Waals surface area contributed by atoms with Crippen molar-refractivity contribution in [3.63, 3.8) is 0 Å². The second-order valence-corrected chi connectivity index (χ2v) is 17.5. The Morgan fingerprint density at radius 2 is 1.26 bits per heavy atom. The van der Waals surface area contributed by atoms with Crippen molar-refractivity contribution in [2.75, 3.05) is 26.4 Å². The molecule has 0 heterocycles. The third-order valence-corrected chi connectivity index (χ3v) is 11.6. The molecule has 0 spiro atoms. The molecule has 0 bridgehead atoms. The first-order valence-electron chi connectivity index (χ1n) is 22.6. The number of esters is 2. The van der Waals surface area contributed by atoms with Crippen LogP contribution in [0.2, 0.25) is 0 Å². The predicted molar refractivity (Wildman–Crippen MR) is 226 cm³/mol. The molecular formula is C44H81O13P. The highest BCUT2D eigenvalue weighted by Gasteiger charge is 2.39. The Morgan fingerprint density at radius 3 is 1.90 bits per heavy atom. The maximum atomic E-state index is 12.7. The van der Waals surface area contributed by atoms with Gasteiger partial charge in [-0.05, 0) is 57.3 Å². The SMILES string of the molecule is CCCCCC/C=C\CCCCCCCCCC(=O)O[C@H](COC(=O)CCCCCC[C@@H]1[C@@H](/C=C/[C@@H](O)CCCCC)[C@H](O)C[C@@H]1O)COP(=O)(O)OC[C@@H](O)CO. The molecule has 0 aromatic heterocycles. The largest absolute Gasteiger partial charge is 0.472 e. The minimum Gasteiger partial charge on any atom is -0.462 e. The van der Waals surface area contributed by atoms with Crippen LogP contribution < -0.4 is 0 Å². The maximum Gasteiger partial charge on any atom is 0.472 e. The molecule has 340 valence electrons. The van der Waals surface area contributed by atoms with Gasteiger partial charge in [0.15, 0.2) is 6.10 Å². The van der Waals surface area contributed by atoms with E-state index in [2.05, 4.69) is 30.5 Å². The van der Waals surface area contributed by atoms with Crippen LogP contribution in [-0.2, 0) is 32.7 Å². The average Bonchev–Trinajstić information content (AvgIpc) is 3.47. The standard InChI is InChI=1S/C44H81O13P/c1-3-5-7-8-9-10-11-12-13-14-15-16-17-18-24-28-44(51)57-38(35-56-58(52,53)55-33-37(47)32-45)34-54-43(50)27-23-20-19-22-26-39-40(42(49)31-41(39)48)30-29-36(46)25-21-6-4-2/h10-11,29-30,36-42,45-49H,3-9,12-28,31-35H2,1-2H3,(H,52,53)/b11-10-,30-29+/t36-,37-,38+,39+,40+,41-,42+/m0/s1. The van der Waals surface area contributed by atoms with Gasteiger partial charge in [-0.25, -0.2) is 4.57 Å². The van der Waals surface area contributed by atoms with Gasteiger partial charge in [0.1, 0.15) is 12.7 Å². The van der Waals surface area contributed by atoms with E-state index in [1.807, 2.05) is 6.08 Å². The summed E-state index contributed by atoms with van der Waals surface area (Å²) in [5, 5.41) is 49.7. The van der Waals surface area contributed by atoms with Gasteiger partial charge < -0.3 is 39.9 Å². The van der Waals surface area contributed by atoms with Gasteiger partial charge in [-0.1, -0.05) is 128 Å². The predicted octanol–water partition coefficient (Wildman–Crippen LogP) is 8.16. The smallest absolute Gasteiger partial charge is 0.462 e. The molecular weight excluding hydrogens is 767 g/mol. The summed E-state index contributed by atoms with van der Waals surface area (Å²) >= 11 is 0. The fourth-order valence-electron chi connectivity index (χ4n) is 7.14. The lowest BCUT2D eigenvalue weighted by molar-refractivity contribution is -0.161. The topological polar surface area (TPSA) is 210 Å². The number of rotatable bonds is 38. The number of aliphatic hydroxyl groups excluding tert-OH is 5. The number of carbonyl (C=O) groups is 2. The normalized spacial score (nSPS) is 21.0. The first kappa shape index (κ1) is 54.3. The molecule has 0 radical (unpaired) electrons. The zero-order valence-corrected chi connectivity index (χ0v) is 36.7. The molecule has 13 nitrogen and oxygen atoms in total. The molecule has 0 aromatic carbocycles. The second kappa shape index (κ2) is 35.0. The van der Waals surface area contributed by atoms with E-state index in [1.165, 1.54) is 44.9 Å². The van der Waals surface area contributed by atoms with E-state index in [9.17, 15) is 39.5 Å². The number of phosphoric ester groups is 1. The Bertz CT molecular complexity index is 1130. The van der Waals surface area contributed by atoms with Gasteiger partial charge in [0.05, 0.1) is 38.1 Å². The molecule has 6 N–H and O–H groups in total. The summed E-state index contributed by atoms with van der Waals surface area (Å²) in [5.41, 5.74) is 0. The second-order valence-electron chi connectivity index (χ2n) is 16.0. The first-order valence-corrected chi connectivity index (χ1v) is 24.0. The molecule has 0 amide bonds. The minimum absolute atomic E-state index is 0.0995. The molecule has 1 aliphatic carbocycles. The fraction of sp³-hybridized carbons (Fsp3) is 0.864. The minimum atomic E-state index is -4.67. The highest BCUT2D eigenvalue weighted by atomic mass is 31.2. The van der Waals surface area contributed by atoms with Crippen LogP contribution in [0.3, 0.4) is 0 Å². The molecule has 0 saturated heterocycles. The third kappa shape index (κ3) is 28.7. The summed E-state index contributed by atoms with van der Waals surface area (Å²) < 4.78 is 32.7. The molecule has 14 heteroatoms. The Kier molecular flexibility index (Phi) is 32.8. The first-order chi connectivity index (χ1) is 27.9. The summed E-state index contributed by atoms with van der Waals surface area (Å²) in [6.07, 6.45) is 26.3. The van der Waals surface area contributed by atoms with Crippen LogP contribution in [0.25, 0.3) is 0 Å². The lowest BCUT2D eigenvalue weighted by atomic mass is 9.88. The lowest BCUT2D eigenvalue weighted by Gasteiger charge is -2.21. The van der Waals surface area contributed by atoms with E-state index in [1.54, 1.807) is 6.08 Å². The molecule has 8 atom stereocenters. The summed E-state index contributed by atoms with van der Waals surface area (Å²) in [7, 11) is -4.67. The molecule has 0 aliphatic heterocycles. The molecule has 58 heavy (non-hydrogen) atoms. The molecule has 1 aliphatic rings. The van der Waals surface area contributed by atoms with E-state index < -0.39 is 70.1 Å². The van der Waals surface area contributed by atoms with Crippen LogP contribution in [0.4, 0.5) is 0 Å². The van der Waals surface area contributed by atoms with Gasteiger partial charge in [0.25, 0.3) is 0 Å². The molecule has 1 fully saturated rings. The number of ether oxygens (including phenoxy) is 2. The molecule has 1 saturated carbocycles. The van der Waals surface area contributed by atoms with Crippen molar-refractivity contribution in [3.8, 4) is 0 Å². The number of unbranched alkanes of at least 4 members (excludes halogenated alkanes) is 16. The van der Waals surface area contributed by atoms with Crippen LogP contribution in [0.5, 0.6) is 0 Å². The highest BCUT2D eigenvalue weighted by molar-refractivity contribution is 7.47.